The van der Waals surface area contributed by atoms with E-state index in [9.17, 15) is 4.79 Å². The number of hydrogen-bond acceptors (Lipinski definition) is 4. The lowest BCUT2D eigenvalue weighted by atomic mass is 9.92. The van der Waals surface area contributed by atoms with Crippen molar-refractivity contribution in [1.29, 1.82) is 0 Å². The Kier molecular flexibility index (Phi) is 5.61. The summed E-state index contributed by atoms with van der Waals surface area (Å²) in [6.07, 6.45) is 7.18. The quantitative estimate of drug-likeness (QED) is 0.837. The fourth-order valence-electron chi connectivity index (χ4n) is 3.05. The van der Waals surface area contributed by atoms with Crippen LogP contribution in [0.3, 0.4) is 0 Å². The number of amides is 1. The van der Waals surface area contributed by atoms with Gasteiger partial charge in [0.05, 0.1) is 12.4 Å². The van der Waals surface area contributed by atoms with E-state index in [0.29, 0.717) is 19.8 Å². The van der Waals surface area contributed by atoms with Gasteiger partial charge in [0.25, 0.3) is 0 Å². The molecule has 3 rings (SSSR count). The minimum Gasteiger partial charge on any atom is -0.381 e. The first-order valence-electron chi connectivity index (χ1n) is 8.37. The van der Waals surface area contributed by atoms with E-state index in [-0.39, 0.29) is 11.8 Å². The van der Waals surface area contributed by atoms with E-state index in [1.807, 2.05) is 29.0 Å². The van der Waals surface area contributed by atoms with Gasteiger partial charge >= 0.3 is 0 Å². The Labute approximate surface area is 142 Å². The highest BCUT2D eigenvalue weighted by Crippen LogP contribution is 2.18. The maximum atomic E-state index is 12.4. The lowest BCUT2D eigenvalue weighted by Gasteiger charge is -2.26. The first-order chi connectivity index (χ1) is 11.7. The van der Waals surface area contributed by atoms with Gasteiger partial charge in [-0.25, -0.2) is 4.98 Å². The van der Waals surface area contributed by atoms with Crippen molar-refractivity contribution in [1.82, 2.24) is 14.9 Å². The molecule has 0 aliphatic carbocycles. The fraction of sp³-hybridized carbons (Fsp3) is 0.444. The van der Waals surface area contributed by atoms with Crippen LogP contribution in [0.15, 0.2) is 43.0 Å². The van der Waals surface area contributed by atoms with Gasteiger partial charge in [0.1, 0.15) is 0 Å². The van der Waals surface area contributed by atoms with E-state index >= 15 is 0 Å². The lowest BCUT2D eigenvalue weighted by molar-refractivity contribution is -0.124. The van der Waals surface area contributed by atoms with Crippen molar-refractivity contribution in [2.45, 2.75) is 32.0 Å². The summed E-state index contributed by atoms with van der Waals surface area (Å²) in [5.74, 6) is 0.124. The van der Waals surface area contributed by atoms with Gasteiger partial charge in [-0.05, 0) is 29.9 Å². The Morgan fingerprint density at radius 3 is 2.79 bits per heavy atom. The van der Waals surface area contributed by atoms with Crippen molar-refractivity contribution in [2.24, 2.45) is 11.7 Å². The van der Waals surface area contributed by atoms with E-state index < -0.39 is 6.04 Å². The normalized spacial score (nSPS) is 16.7. The molecule has 2 heterocycles. The van der Waals surface area contributed by atoms with E-state index in [0.717, 1.165) is 30.5 Å². The molecule has 1 aromatic carbocycles. The topological polar surface area (TPSA) is 82.2 Å². The number of imidazole rings is 1. The van der Waals surface area contributed by atoms with Crippen molar-refractivity contribution < 1.29 is 9.53 Å². The van der Waals surface area contributed by atoms with Crippen LogP contribution in [0.5, 0.6) is 0 Å². The Hall–Kier alpha value is -2.18. The van der Waals surface area contributed by atoms with Crippen LogP contribution in [-0.4, -0.2) is 34.7 Å². The second kappa shape index (κ2) is 8.08. The van der Waals surface area contributed by atoms with Gasteiger partial charge in [-0.3, -0.25) is 4.79 Å². The molecule has 24 heavy (non-hydrogen) atoms. The standard InChI is InChI=1S/C18H24N4O2/c19-17(14-5-9-24-10-6-14)18(23)21-11-15-3-1-2-4-16(15)12-22-8-7-20-13-22/h1-4,7-8,13-14,17H,5-6,9-12,19H2,(H,21,23). The van der Waals surface area contributed by atoms with E-state index in [4.69, 9.17) is 10.5 Å². The third-order valence-corrected chi connectivity index (χ3v) is 4.56. The van der Waals surface area contributed by atoms with Gasteiger partial charge in [-0.15, -0.1) is 0 Å². The zero-order valence-electron chi connectivity index (χ0n) is 13.7. The summed E-state index contributed by atoms with van der Waals surface area (Å²) >= 11 is 0. The Bertz CT molecular complexity index is 651. The molecule has 1 aliphatic heterocycles. The molecule has 0 saturated carbocycles. The summed E-state index contributed by atoms with van der Waals surface area (Å²) in [6.45, 7) is 2.61. The van der Waals surface area contributed by atoms with Crippen molar-refractivity contribution in [2.75, 3.05) is 13.2 Å². The predicted octanol–water partition coefficient (Wildman–Crippen LogP) is 1.30. The number of hydrogen-bond donors (Lipinski definition) is 2. The fourth-order valence-corrected chi connectivity index (χ4v) is 3.05. The molecule has 1 saturated heterocycles. The predicted molar refractivity (Wildman–Crippen MR) is 91.1 cm³/mol. The van der Waals surface area contributed by atoms with Gasteiger partial charge in [-0.2, -0.15) is 0 Å². The summed E-state index contributed by atoms with van der Waals surface area (Å²) in [6, 6.07) is 7.63. The van der Waals surface area contributed by atoms with Crippen LogP contribution >= 0.6 is 0 Å². The highest BCUT2D eigenvalue weighted by atomic mass is 16.5. The summed E-state index contributed by atoms with van der Waals surface area (Å²) in [5, 5.41) is 2.99. The molecule has 128 valence electrons. The van der Waals surface area contributed by atoms with Crippen LogP contribution in [0, 0.1) is 5.92 Å². The Morgan fingerprint density at radius 1 is 1.33 bits per heavy atom. The molecule has 2 aromatic rings. The molecule has 1 amide bonds. The number of rotatable bonds is 6. The molecule has 1 aliphatic rings. The largest absolute Gasteiger partial charge is 0.381 e. The second-order valence-electron chi connectivity index (χ2n) is 6.20. The molecule has 0 radical (unpaired) electrons. The molecular formula is C18H24N4O2. The number of benzene rings is 1. The first-order valence-corrected chi connectivity index (χ1v) is 8.37. The average molecular weight is 328 g/mol. The molecule has 0 spiro atoms. The monoisotopic (exact) mass is 328 g/mol. The highest BCUT2D eigenvalue weighted by Gasteiger charge is 2.26. The lowest BCUT2D eigenvalue weighted by Crippen LogP contribution is -2.46. The SMILES string of the molecule is NC(C(=O)NCc1ccccc1Cn1ccnc1)C1CCOCC1. The molecule has 0 bridgehead atoms. The summed E-state index contributed by atoms with van der Waals surface area (Å²) < 4.78 is 7.34. The summed E-state index contributed by atoms with van der Waals surface area (Å²) in [7, 11) is 0. The number of nitrogens with zero attached hydrogens (tertiary/aromatic N) is 2. The van der Waals surface area contributed by atoms with E-state index in [2.05, 4.69) is 16.4 Å². The number of carbonyl (C=O) groups is 1. The molecule has 1 unspecified atom stereocenters. The zero-order chi connectivity index (χ0) is 16.8. The van der Waals surface area contributed by atoms with Gasteiger partial charge in [0, 0.05) is 38.7 Å². The van der Waals surface area contributed by atoms with Crippen LogP contribution < -0.4 is 11.1 Å². The molecule has 6 nitrogen and oxygen atoms in total. The molecule has 1 atom stereocenters. The minimum absolute atomic E-state index is 0.0840. The van der Waals surface area contributed by atoms with Gasteiger partial charge < -0.3 is 20.4 Å². The average Bonchev–Trinajstić information content (AvgIpc) is 3.14. The van der Waals surface area contributed by atoms with Crippen LogP contribution in [0.25, 0.3) is 0 Å². The highest BCUT2D eigenvalue weighted by molar-refractivity contribution is 5.81. The van der Waals surface area contributed by atoms with Crippen molar-refractivity contribution in [3.8, 4) is 0 Å². The number of aromatic nitrogens is 2. The maximum Gasteiger partial charge on any atom is 0.237 e. The number of carbonyl (C=O) groups excluding carboxylic acids is 1. The van der Waals surface area contributed by atoms with Crippen molar-refractivity contribution >= 4 is 5.91 Å². The third-order valence-electron chi connectivity index (χ3n) is 4.56. The first kappa shape index (κ1) is 16.7. The van der Waals surface area contributed by atoms with Gasteiger partial charge in [0.15, 0.2) is 0 Å². The zero-order valence-corrected chi connectivity index (χ0v) is 13.7. The van der Waals surface area contributed by atoms with Crippen LogP contribution in [0.4, 0.5) is 0 Å². The smallest absolute Gasteiger partial charge is 0.237 e. The Balaban J connectivity index is 1.58. The van der Waals surface area contributed by atoms with Gasteiger partial charge in [0.2, 0.25) is 5.91 Å². The Morgan fingerprint density at radius 2 is 2.08 bits per heavy atom. The molecule has 3 N–H and O–H groups in total. The summed E-state index contributed by atoms with van der Waals surface area (Å²) in [4.78, 5) is 16.4. The van der Waals surface area contributed by atoms with Crippen LogP contribution in [0.2, 0.25) is 0 Å². The molecule has 1 aromatic heterocycles. The van der Waals surface area contributed by atoms with Gasteiger partial charge in [-0.1, -0.05) is 24.3 Å². The minimum atomic E-state index is -0.463. The molecule has 6 heteroatoms. The maximum absolute atomic E-state index is 12.4. The second-order valence-corrected chi connectivity index (χ2v) is 6.20. The van der Waals surface area contributed by atoms with Crippen LogP contribution in [-0.2, 0) is 22.6 Å². The number of nitrogens with two attached hydrogens (primary N) is 1. The third kappa shape index (κ3) is 4.21. The van der Waals surface area contributed by atoms with Crippen molar-refractivity contribution in [3.05, 3.63) is 54.1 Å². The summed E-state index contributed by atoms with van der Waals surface area (Å²) in [5.41, 5.74) is 8.38. The van der Waals surface area contributed by atoms with E-state index in [1.54, 1.807) is 12.5 Å². The van der Waals surface area contributed by atoms with Crippen molar-refractivity contribution in [3.63, 3.8) is 0 Å². The number of nitrogens with one attached hydrogen (secondary N) is 1. The van der Waals surface area contributed by atoms with E-state index in [1.165, 1.54) is 0 Å². The number of ether oxygens (including phenoxy) is 1. The molecule has 1 fully saturated rings. The molecular weight excluding hydrogens is 304 g/mol. The van der Waals surface area contributed by atoms with Crippen LogP contribution in [0.1, 0.15) is 24.0 Å².